The Morgan fingerprint density at radius 2 is 1.90 bits per heavy atom. The molecule has 0 unspecified atom stereocenters. The highest BCUT2D eigenvalue weighted by molar-refractivity contribution is 6.04. The van der Waals surface area contributed by atoms with E-state index in [1.807, 2.05) is 81.4 Å². The second kappa shape index (κ2) is 11.2. The second-order valence-corrected chi connectivity index (χ2v) is 10.8. The molecular weight excluding hydrogens is 510 g/mol. The van der Waals surface area contributed by atoms with Crippen LogP contribution >= 0.6 is 0 Å². The minimum atomic E-state index is -0.553. The molecule has 2 amide bonds. The fourth-order valence-electron chi connectivity index (χ4n) is 4.48. The molecular formula is C29H33N7O4. The maximum atomic E-state index is 13.1. The van der Waals surface area contributed by atoms with Crippen molar-refractivity contribution in [3.63, 3.8) is 0 Å². The summed E-state index contributed by atoms with van der Waals surface area (Å²) in [5.74, 6) is 0.736. The molecule has 208 valence electrons. The van der Waals surface area contributed by atoms with E-state index >= 15 is 0 Å². The summed E-state index contributed by atoms with van der Waals surface area (Å²) < 4.78 is 13.1. The van der Waals surface area contributed by atoms with Crippen LogP contribution in [-0.4, -0.2) is 56.5 Å². The van der Waals surface area contributed by atoms with Gasteiger partial charge in [-0.15, -0.1) is 0 Å². The average molecular weight is 544 g/mol. The molecule has 1 aliphatic rings. The number of carbonyl (C=O) groups is 2. The first kappa shape index (κ1) is 26.9. The third-order valence-corrected chi connectivity index (χ3v) is 6.31. The number of carbonyl (C=O) groups excluding carboxylic acids is 2. The van der Waals surface area contributed by atoms with Crippen LogP contribution in [-0.2, 0) is 18.4 Å². The van der Waals surface area contributed by atoms with Crippen LogP contribution in [0.25, 0.3) is 10.9 Å². The van der Waals surface area contributed by atoms with Gasteiger partial charge in [0.1, 0.15) is 29.5 Å². The molecule has 0 spiro atoms. The van der Waals surface area contributed by atoms with Crippen molar-refractivity contribution in [3.05, 3.63) is 72.3 Å². The van der Waals surface area contributed by atoms with Gasteiger partial charge < -0.3 is 25.0 Å². The van der Waals surface area contributed by atoms with Gasteiger partial charge in [-0.3, -0.25) is 9.48 Å². The van der Waals surface area contributed by atoms with E-state index in [2.05, 4.69) is 25.7 Å². The van der Waals surface area contributed by atoms with Crippen molar-refractivity contribution in [2.75, 3.05) is 23.3 Å². The molecule has 0 aliphatic carbocycles. The van der Waals surface area contributed by atoms with E-state index < -0.39 is 17.6 Å². The van der Waals surface area contributed by atoms with Crippen molar-refractivity contribution in [2.24, 2.45) is 7.05 Å². The first-order valence-electron chi connectivity index (χ1n) is 13.1. The minimum absolute atomic E-state index is 0.0590. The van der Waals surface area contributed by atoms with Crippen molar-refractivity contribution in [1.82, 2.24) is 25.1 Å². The molecule has 40 heavy (non-hydrogen) atoms. The number of nitrogens with one attached hydrogen (secondary N) is 2. The number of fused-ring (bicyclic) bond motifs is 1. The summed E-state index contributed by atoms with van der Waals surface area (Å²) in [7, 11) is 1.84. The van der Waals surface area contributed by atoms with Crippen LogP contribution in [0.2, 0.25) is 0 Å². The zero-order valence-corrected chi connectivity index (χ0v) is 23.0. The summed E-state index contributed by atoms with van der Waals surface area (Å²) in [6, 6.07) is 13.4. The first-order valence-corrected chi connectivity index (χ1v) is 13.1. The molecule has 3 heterocycles. The first-order chi connectivity index (χ1) is 19.1. The lowest BCUT2D eigenvalue weighted by Crippen LogP contribution is -2.40. The lowest BCUT2D eigenvalue weighted by molar-refractivity contribution is 0.0508. The van der Waals surface area contributed by atoms with Crippen molar-refractivity contribution >= 4 is 34.4 Å². The largest absolute Gasteiger partial charge is 0.487 e. The third-order valence-electron chi connectivity index (χ3n) is 6.31. The van der Waals surface area contributed by atoms with E-state index in [0.717, 1.165) is 22.9 Å². The van der Waals surface area contributed by atoms with Crippen molar-refractivity contribution < 1.29 is 19.1 Å². The van der Waals surface area contributed by atoms with Gasteiger partial charge in [0.2, 0.25) is 0 Å². The topological polar surface area (TPSA) is 124 Å². The molecule has 2 aromatic carbocycles. The Bertz CT molecular complexity index is 1500. The maximum absolute atomic E-state index is 13.1. The summed E-state index contributed by atoms with van der Waals surface area (Å²) in [5, 5.41) is 11.1. The SMILES string of the molecule is Cn1cc2cc(NC(=O)c3cnc(N4CC[C@@H](NC(=O)OC(C)(C)C)C4)cn3)c(OCc3ccccc3)cc2n1. The summed E-state index contributed by atoms with van der Waals surface area (Å²) in [5.41, 5.74) is 1.91. The summed E-state index contributed by atoms with van der Waals surface area (Å²) in [4.78, 5) is 36.1. The maximum Gasteiger partial charge on any atom is 0.407 e. The van der Waals surface area contributed by atoms with Gasteiger partial charge in [-0.1, -0.05) is 30.3 Å². The molecule has 5 rings (SSSR count). The zero-order valence-electron chi connectivity index (χ0n) is 23.0. The van der Waals surface area contributed by atoms with E-state index in [4.69, 9.17) is 9.47 Å². The number of amides is 2. The van der Waals surface area contributed by atoms with Crippen molar-refractivity contribution in [2.45, 2.75) is 45.4 Å². The van der Waals surface area contributed by atoms with Crippen molar-refractivity contribution in [3.8, 4) is 5.75 Å². The summed E-state index contributed by atoms with van der Waals surface area (Å²) in [6.45, 7) is 7.11. The van der Waals surface area contributed by atoms with Gasteiger partial charge in [0.15, 0.2) is 0 Å². The van der Waals surface area contributed by atoms with Crippen LogP contribution in [0.4, 0.5) is 16.3 Å². The Labute approximate surface area is 232 Å². The van der Waals surface area contributed by atoms with Gasteiger partial charge >= 0.3 is 6.09 Å². The predicted octanol–water partition coefficient (Wildman–Crippen LogP) is 4.30. The molecule has 2 aromatic heterocycles. The van der Waals surface area contributed by atoms with Crippen LogP contribution in [0.15, 0.2) is 61.1 Å². The Morgan fingerprint density at radius 1 is 1.10 bits per heavy atom. The lowest BCUT2D eigenvalue weighted by atomic mass is 10.2. The number of alkyl carbamates (subject to hydrolysis) is 1. The molecule has 1 atom stereocenters. The number of hydrogen-bond acceptors (Lipinski definition) is 8. The van der Waals surface area contributed by atoms with E-state index in [0.29, 0.717) is 37.0 Å². The molecule has 0 radical (unpaired) electrons. The van der Waals surface area contributed by atoms with E-state index in [1.165, 1.54) is 6.20 Å². The molecule has 0 saturated carbocycles. The number of aryl methyl sites for hydroxylation is 1. The van der Waals surface area contributed by atoms with E-state index in [1.54, 1.807) is 10.9 Å². The van der Waals surface area contributed by atoms with Gasteiger partial charge in [-0.05, 0) is 38.8 Å². The number of nitrogens with zero attached hydrogens (tertiary/aromatic N) is 5. The number of anilines is 2. The normalized spacial score (nSPS) is 15.2. The fourth-order valence-corrected chi connectivity index (χ4v) is 4.48. The molecule has 0 bridgehead atoms. The highest BCUT2D eigenvalue weighted by Gasteiger charge is 2.27. The Balaban J connectivity index is 1.25. The van der Waals surface area contributed by atoms with Gasteiger partial charge in [0, 0.05) is 37.8 Å². The minimum Gasteiger partial charge on any atom is -0.487 e. The van der Waals surface area contributed by atoms with Gasteiger partial charge in [0.25, 0.3) is 5.91 Å². The van der Waals surface area contributed by atoms with Crippen molar-refractivity contribution in [1.29, 1.82) is 0 Å². The summed E-state index contributed by atoms with van der Waals surface area (Å²) >= 11 is 0. The highest BCUT2D eigenvalue weighted by Crippen LogP contribution is 2.31. The number of aromatic nitrogens is 4. The molecule has 11 heteroatoms. The standard InChI is InChI=1S/C29H33N7O4/c1-29(2,3)40-28(38)32-21-10-11-36(17-21)26-15-30-24(14-31-26)27(37)33-23-12-20-16-35(4)34-22(20)13-25(23)39-18-19-8-6-5-7-9-19/h5-9,12-16,21H,10-11,17-18H2,1-4H3,(H,32,38)(H,33,37)/t21-/m1/s1. The predicted molar refractivity (Wildman–Crippen MR) is 151 cm³/mol. The molecule has 2 N–H and O–H groups in total. The molecule has 4 aromatic rings. The second-order valence-electron chi connectivity index (χ2n) is 10.8. The average Bonchev–Trinajstić information content (AvgIpc) is 3.52. The molecule has 1 aliphatic heterocycles. The van der Waals surface area contributed by atoms with Gasteiger partial charge in [-0.2, -0.15) is 5.10 Å². The highest BCUT2D eigenvalue weighted by atomic mass is 16.6. The Hall–Kier alpha value is -4.67. The van der Waals surface area contributed by atoms with Crippen LogP contribution in [0.1, 0.15) is 43.2 Å². The molecule has 1 saturated heterocycles. The van der Waals surface area contributed by atoms with Gasteiger partial charge in [0.05, 0.1) is 29.6 Å². The summed E-state index contributed by atoms with van der Waals surface area (Å²) in [6.07, 6.45) is 5.22. The van der Waals surface area contributed by atoms with Crippen LogP contribution in [0, 0.1) is 0 Å². The van der Waals surface area contributed by atoms with Crippen LogP contribution in [0.3, 0.4) is 0 Å². The number of ether oxygens (including phenoxy) is 2. The number of rotatable bonds is 7. The smallest absolute Gasteiger partial charge is 0.407 e. The molecule has 11 nitrogen and oxygen atoms in total. The fraction of sp³-hybridized carbons (Fsp3) is 0.345. The quantitative estimate of drug-likeness (QED) is 0.354. The van der Waals surface area contributed by atoms with Crippen LogP contribution in [0.5, 0.6) is 5.75 Å². The Kier molecular flexibility index (Phi) is 7.54. The van der Waals surface area contributed by atoms with Crippen LogP contribution < -0.4 is 20.3 Å². The third kappa shape index (κ3) is 6.66. The van der Waals surface area contributed by atoms with E-state index in [9.17, 15) is 9.59 Å². The number of hydrogen-bond donors (Lipinski definition) is 2. The van der Waals surface area contributed by atoms with Gasteiger partial charge in [-0.25, -0.2) is 14.8 Å². The lowest BCUT2D eigenvalue weighted by Gasteiger charge is -2.22. The monoisotopic (exact) mass is 543 g/mol. The molecule has 1 fully saturated rings. The number of benzene rings is 2. The Morgan fingerprint density at radius 3 is 2.62 bits per heavy atom. The van der Waals surface area contributed by atoms with E-state index in [-0.39, 0.29) is 11.7 Å². The zero-order chi connectivity index (χ0) is 28.3.